The molecule has 0 saturated carbocycles. The number of benzene rings is 2. The van der Waals surface area contributed by atoms with E-state index in [1.807, 2.05) is 6.07 Å². The Morgan fingerprint density at radius 1 is 0.769 bits per heavy atom. The molecule has 138 valence electrons. The van der Waals surface area contributed by atoms with E-state index in [1.165, 1.54) is 36.3 Å². The van der Waals surface area contributed by atoms with Crippen LogP contribution in [0.25, 0.3) is 0 Å². The fourth-order valence-corrected chi connectivity index (χ4v) is 4.18. The number of anilines is 1. The molecule has 4 heteroatoms. The first-order chi connectivity index (χ1) is 12.8. The molecule has 2 aromatic carbocycles. The van der Waals surface area contributed by atoms with Crippen LogP contribution in [0, 0.1) is 0 Å². The number of hydrogen-bond acceptors (Lipinski definition) is 4. The number of ether oxygens (including phenoxy) is 1. The number of methoxy groups -OCH3 is 1. The second kappa shape index (κ2) is 8.11. The maximum atomic E-state index is 5.51. The molecule has 0 unspecified atom stereocenters. The number of nitrogens with zero attached hydrogens (tertiary/aromatic N) is 3. The van der Waals surface area contributed by atoms with E-state index in [0.717, 1.165) is 45.0 Å². The normalized spacial score (nSPS) is 18.1. The lowest BCUT2D eigenvalue weighted by molar-refractivity contribution is 0.220. The van der Waals surface area contributed by atoms with Crippen LogP contribution in [-0.2, 0) is 13.1 Å². The van der Waals surface area contributed by atoms with Crippen LogP contribution in [0.1, 0.15) is 17.5 Å². The number of fused-ring (bicyclic) bond motifs is 1. The van der Waals surface area contributed by atoms with Crippen molar-refractivity contribution < 1.29 is 4.74 Å². The average Bonchev–Trinajstić information content (AvgIpc) is 3.11. The molecule has 0 radical (unpaired) electrons. The van der Waals surface area contributed by atoms with Crippen LogP contribution < -0.4 is 9.64 Å². The van der Waals surface area contributed by atoms with Gasteiger partial charge in [-0.15, -0.1) is 0 Å². The van der Waals surface area contributed by atoms with E-state index >= 15 is 0 Å². The fraction of sp³-hybridized carbons (Fsp3) is 0.455. The van der Waals surface area contributed by atoms with Gasteiger partial charge in [0.1, 0.15) is 5.75 Å². The molecule has 0 spiro atoms. The van der Waals surface area contributed by atoms with Crippen LogP contribution in [-0.4, -0.2) is 56.2 Å². The van der Waals surface area contributed by atoms with Crippen molar-refractivity contribution >= 4 is 5.69 Å². The van der Waals surface area contributed by atoms with Gasteiger partial charge in [-0.1, -0.05) is 36.4 Å². The van der Waals surface area contributed by atoms with E-state index in [1.54, 1.807) is 7.11 Å². The third-order valence-electron chi connectivity index (χ3n) is 5.65. The predicted molar refractivity (Wildman–Crippen MR) is 107 cm³/mol. The van der Waals surface area contributed by atoms with Gasteiger partial charge in [-0.25, -0.2) is 0 Å². The minimum Gasteiger partial charge on any atom is -0.495 e. The lowest BCUT2D eigenvalue weighted by Gasteiger charge is -2.36. The molecule has 2 aliphatic rings. The number of piperazine rings is 1. The molecule has 2 heterocycles. The van der Waals surface area contributed by atoms with Crippen molar-refractivity contribution in [3.8, 4) is 5.75 Å². The van der Waals surface area contributed by atoms with Crippen LogP contribution in [0.4, 0.5) is 5.69 Å². The smallest absolute Gasteiger partial charge is 0.142 e. The quantitative estimate of drug-likeness (QED) is 0.795. The van der Waals surface area contributed by atoms with Crippen molar-refractivity contribution in [3.63, 3.8) is 0 Å². The molecule has 0 amide bonds. The highest BCUT2D eigenvalue weighted by Gasteiger charge is 2.21. The minimum atomic E-state index is 0.981. The molecule has 26 heavy (non-hydrogen) atoms. The van der Waals surface area contributed by atoms with Gasteiger partial charge < -0.3 is 9.64 Å². The second-order valence-electron chi connectivity index (χ2n) is 7.33. The van der Waals surface area contributed by atoms with E-state index < -0.39 is 0 Å². The van der Waals surface area contributed by atoms with Gasteiger partial charge in [0, 0.05) is 45.8 Å². The molecule has 2 aromatic rings. The summed E-state index contributed by atoms with van der Waals surface area (Å²) >= 11 is 0. The Morgan fingerprint density at radius 3 is 2.08 bits per heavy atom. The molecule has 0 N–H and O–H groups in total. The van der Waals surface area contributed by atoms with Crippen LogP contribution >= 0.6 is 0 Å². The molecule has 4 nitrogen and oxygen atoms in total. The van der Waals surface area contributed by atoms with Gasteiger partial charge in [0.2, 0.25) is 0 Å². The van der Waals surface area contributed by atoms with Crippen LogP contribution in [0.3, 0.4) is 0 Å². The topological polar surface area (TPSA) is 19.0 Å². The van der Waals surface area contributed by atoms with Crippen molar-refractivity contribution in [2.75, 3.05) is 51.3 Å². The Bertz CT molecular complexity index is 700. The zero-order chi connectivity index (χ0) is 17.8. The third kappa shape index (κ3) is 3.87. The molecule has 1 saturated heterocycles. The number of hydrogen-bond donors (Lipinski definition) is 0. The summed E-state index contributed by atoms with van der Waals surface area (Å²) in [6.45, 7) is 9.07. The van der Waals surface area contributed by atoms with Crippen molar-refractivity contribution in [3.05, 3.63) is 59.7 Å². The summed E-state index contributed by atoms with van der Waals surface area (Å²) in [5, 5.41) is 0. The van der Waals surface area contributed by atoms with Crippen molar-refractivity contribution in [1.82, 2.24) is 9.80 Å². The lowest BCUT2D eigenvalue weighted by Crippen LogP contribution is -2.47. The summed E-state index contributed by atoms with van der Waals surface area (Å²) in [5.41, 5.74) is 4.25. The van der Waals surface area contributed by atoms with E-state index in [9.17, 15) is 0 Å². The van der Waals surface area contributed by atoms with Gasteiger partial charge in [0.25, 0.3) is 0 Å². The van der Waals surface area contributed by atoms with Crippen molar-refractivity contribution in [2.45, 2.75) is 19.5 Å². The summed E-state index contributed by atoms with van der Waals surface area (Å²) in [5.74, 6) is 0.981. The van der Waals surface area contributed by atoms with Crippen molar-refractivity contribution in [2.24, 2.45) is 0 Å². The summed E-state index contributed by atoms with van der Waals surface area (Å²) in [4.78, 5) is 7.64. The monoisotopic (exact) mass is 351 g/mol. The third-order valence-corrected chi connectivity index (χ3v) is 5.65. The Kier molecular flexibility index (Phi) is 5.42. The minimum absolute atomic E-state index is 0.981. The van der Waals surface area contributed by atoms with Crippen LogP contribution in [0.15, 0.2) is 48.5 Å². The van der Waals surface area contributed by atoms with E-state index in [-0.39, 0.29) is 0 Å². The van der Waals surface area contributed by atoms with Gasteiger partial charge in [0.05, 0.1) is 12.8 Å². The summed E-state index contributed by atoms with van der Waals surface area (Å²) in [6, 6.07) is 17.2. The predicted octanol–water partition coefficient (Wildman–Crippen LogP) is 3.22. The fourth-order valence-electron chi connectivity index (χ4n) is 4.18. The Labute approximate surface area is 157 Å². The summed E-state index contributed by atoms with van der Waals surface area (Å²) < 4.78 is 5.51. The first-order valence-corrected chi connectivity index (χ1v) is 9.73. The zero-order valence-electron chi connectivity index (χ0n) is 15.7. The maximum absolute atomic E-state index is 5.51. The Hall–Kier alpha value is -2.04. The molecular weight excluding hydrogens is 322 g/mol. The zero-order valence-corrected chi connectivity index (χ0v) is 15.7. The van der Waals surface area contributed by atoms with Gasteiger partial charge in [-0.05, 0) is 36.2 Å². The molecule has 1 fully saturated rings. The highest BCUT2D eigenvalue weighted by atomic mass is 16.5. The first-order valence-electron chi connectivity index (χ1n) is 9.73. The molecule has 2 aliphatic heterocycles. The van der Waals surface area contributed by atoms with Gasteiger partial charge in [-0.3, -0.25) is 9.80 Å². The van der Waals surface area contributed by atoms with Crippen LogP contribution in [0.2, 0.25) is 0 Å². The molecule has 0 aliphatic carbocycles. The highest BCUT2D eigenvalue weighted by molar-refractivity contribution is 5.58. The average molecular weight is 351 g/mol. The lowest BCUT2D eigenvalue weighted by atomic mass is 10.1. The molecular formula is C22H29N3O. The molecule has 0 aromatic heterocycles. The second-order valence-corrected chi connectivity index (χ2v) is 7.33. The van der Waals surface area contributed by atoms with E-state index in [4.69, 9.17) is 4.74 Å². The van der Waals surface area contributed by atoms with Crippen molar-refractivity contribution in [1.29, 1.82) is 0 Å². The Morgan fingerprint density at radius 2 is 1.38 bits per heavy atom. The molecule has 0 atom stereocenters. The molecule has 0 bridgehead atoms. The first kappa shape index (κ1) is 17.4. The SMILES string of the molecule is COc1ccccc1N1CCN(CCCN2Cc3ccccc3C2)CC1. The Balaban J connectivity index is 1.20. The maximum Gasteiger partial charge on any atom is 0.142 e. The van der Waals surface area contributed by atoms with E-state index in [0.29, 0.717) is 0 Å². The van der Waals surface area contributed by atoms with E-state index in [2.05, 4.69) is 57.2 Å². The number of rotatable bonds is 6. The standard InChI is InChI=1S/C22H29N3O/c1-26-22-10-5-4-9-21(22)25-15-13-23(14-16-25)11-6-12-24-17-19-7-2-3-8-20(19)18-24/h2-5,7-10H,6,11-18H2,1H3. The largest absolute Gasteiger partial charge is 0.495 e. The van der Waals surface area contributed by atoms with Gasteiger partial charge in [0.15, 0.2) is 0 Å². The summed E-state index contributed by atoms with van der Waals surface area (Å²) in [6.07, 6.45) is 1.25. The van der Waals surface area contributed by atoms with Crippen LogP contribution in [0.5, 0.6) is 5.75 Å². The molecule has 4 rings (SSSR count). The number of para-hydroxylation sites is 2. The highest BCUT2D eigenvalue weighted by Crippen LogP contribution is 2.28. The van der Waals surface area contributed by atoms with Gasteiger partial charge in [-0.2, -0.15) is 0 Å². The summed E-state index contributed by atoms with van der Waals surface area (Å²) in [7, 11) is 1.76. The van der Waals surface area contributed by atoms with Gasteiger partial charge >= 0.3 is 0 Å².